The largest absolute Gasteiger partial charge is 0.466 e. The Morgan fingerprint density at radius 2 is 1.68 bits per heavy atom. The van der Waals surface area contributed by atoms with Crippen LogP contribution in [0.4, 0.5) is 4.39 Å². The van der Waals surface area contributed by atoms with Crippen molar-refractivity contribution >= 4 is 11.9 Å². The van der Waals surface area contributed by atoms with Gasteiger partial charge in [-0.25, -0.2) is 14.0 Å². The number of nitrogens with zero attached hydrogens (tertiary/aromatic N) is 1. The molecule has 0 aliphatic rings. The Hall–Kier alpha value is -2.51. The number of benzene rings is 1. The van der Waals surface area contributed by atoms with Crippen LogP contribution in [0.2, 0.25) is 0 Å². The maximum atomic E-state index is 15.1. The second-order valence-corrected chi connectivity index (χ2v) is 4.67. The fraction of sp³-hybridized carbons (Fsp3) is 0.429. The maximum Gasteiger partial charge on any atom is 0.356 e. The molecule has 1 aromatic rings. The number of methoxy groups -OCH3 is 2. The van der Waals surface area contributed by atoms with Crippen molar-refractivity contribution in [3.63, 3.8) is 0 Å². The summed E-state index contributed by atoms with van der Waals surface area (Å²) < 4.78 is 23.8. The molecule has 0 N–H and O–H groups in total. The van der Waals surface area contributed by atoms with Crippen LogP contribution in [0.15, 0.2) is 24.3 Å². The van der Waals surface area contributed by atoms with E-state index in [0.717, 1.165) is 19.8 Å². The van der Waals surface area contributed by atoms with Gasteiger partial charge in [0.05, 0.1) is 14.2 Å². The Morgan fingerprint density at radius 3 is 2.05 bits per heavy atom. The van der Waals surface area contributed by atoms with Gasteiger partial charge in [0, 0.05) is 4.92 Å². The summed E-state index contributed by atoms with van der Waals surface area (Å²) in [5.41, 5.74) is -2.34. The molecule has 22 heavy (non-hydrogen) atoms. The minimum Gasteiger partial charge on any atom is -0.466 e. The third kappa shape index (κ3) is 3.38. The van der Waals surface area contributed by atoms with Crippen LogP contribution in [0.5, 0.6) is 0 Å². The minimum absolute atomic E-state index is 0.126. The fourth-order valence-electron chi connectivity index (χ4n) is 2.07. The third-order valence-electron chi connectivity index (χ3n) is 3.26. The van der Waals surface area contributed by atoms with Crippen LogP contribution in [0.25, 0.3) is 0 Å². The van der Waals surface area contributed by atoms with Crippen molar-refractivity contribution in [3.05, 3.63) is 45.5 Å². The number of hydrogen-bond donors (Lipinski definition) is 0. The van der Waals surface area contributed by atoms with E-state index in [1.807, 2.05) is 0 Å². The highest BCUT2D eigenvalue weighted by atomic mass is 19.1. The number of esters is 2. The molecule has 120 valence electrons. The average Bonchev–Trinajstić information content (AvgIpc) is 2.50. The second-order valence-electron chi connectivity index (χ2n) is 4.67. The number of ether oxygens (including phenoxy) is 2. The Kier molecular flexibility index (Phi) is 5.56. The van der Waals surface area contributed by atoms with Crippen LogP contribution >= 0.6 is 0 Å². The second kappa shape index (κ2) is 6.97. The van der Waals surface area contributed by atoms with Crippen LogP contribution in [-0.4, -0.2) is 43.3 Å². The monoisotopic (exact) mass is 313 g/mol. The summed E-state index contributed by atoms with van der Waals surface area (Å²) in [4.78, 5) is 33.6. The molecule has 0 unspecified atom stereocenters. The van der Waals surface area contributed by atoms with Crippen LogP contribution in [0, 0.1) is 17.0 Å². The highest BCUT2D eigenvalue weighted by Gasteiger charge is 2.58. The molecule has 0 heterocycles. The van der Waals surface area contributed by atoms with Crippen LogP contribution in [-0.2, 0) is 19.1 Å². The first-order valence-electron chi connectivity index (χ1n) is 6.31. The maximum absolute atomic E-state index is 15.1. The SMILES string of the molecule is COC(=O)C(F)(C(=O)OC)[C@H](C[N+](=O)[O-])c1ccc(C)cc1. The molecular weight excluding hydrogens is 297 g/mol. The molecule has 0 fully saturated rings. The first kappa shape index (κ1) is 17.5. The summed E-state index contributed by atoms with van der Waals surface area (Å²) in [6.45, 7) is 0.805. The number of alkyl halides is 1. The zero-order valence-corrected chi connectivity index (χ0v) is 12.4. The lowest BCUT2D eigenvalue weighted by atomic mass is 9.83. The molecule has 0 saturated carbocycles. The van der Waals surface area contributed by atoms with Crippen molar-refractivity contribution in [1.29, 1.82) is 0 Å². The van der Waals surface area contributed by atoms with Gasteiger partial charge < -0.3 is 9.47 Å². The van der Waals surface area contributed by atoms with Gasteiger partial charge in [0.2, 0.25) is 6.54 Å². The first-order valence-corrected chi connectivity index (χ1v) is 6.31. The van der Waals surface area contributed by atoms with E-state index in [2.05, 4.69) is 9.47 Å². The average molecular weight is 313 g/mol. The molecule has 0 spiro atoms. The summed E-state index contributed by atoms with van der Waals surface area (Å²) in [5, 5.41) is 10.9. The van der Waals surface area contributed by atoms with Crippen molar-refractivity contribution in [1.82, 2.24) is 0 Å². The number of rotatable bonds is 6. The summed E-state index contributed by atoms with van der Waals surface area (Å²) in [7, 11) is 1.77. The summed E-state index contributed by atoms with van der Waals surface area (Å²) in [6, 6.07) is 6.03. The number of carbonyl (C=O) groups is 2. The molecule has 0 aliphatic heterocycles. The molecule has 0 saturated heterocycles. The molecule has 1 aromatic carbocycles. The molecular formula is C14H16FNO6. The Labute approximate surface area is 126 Å². The normalized spacial score (nSPS) is 12.4. The highest BCUT2D eigenvalue weighted by Crippen LogP contribution is 2.35. The van der Waals surface area contributed by atoms with Gasteiger partial charge in [-0.2, -0.15) is 0 Å². The van der Waals surface area contributed by atoms with Gasteiger partial charge in [-0.15, -0.1) is 0 Å². The van der Waals surface area contributed by atoms with Crippen molar-refractivity contribution < 1.29 is 28.4 Å². The van der Waals surface area contributed by atoms with Gasteiger partial charge in [0.25, 0.3) is 0 Å². The Bertz CT molecular complexity index is 555. The minimum atomic E-state index is -3.30. The Morgan fingerprint density at radius 1 is 1.23 bits per heavy atom. The van der Waals surface area contributed by atoms with E-state index in [1.165, 1.54) is 12.1 Å². The number of nitro groups is 1. The molecule has 1 atom stereocenters. The number of carbonyl (C=O) groups excluding carboxylic acids is 2. The predicted octanol–water partition coefficient (Wildman–Crippen LogP) is 1.41. The van der Waals surface area contributed by atoms with Gasteiger partial charge in [0.15, 0.2) is 0 Å². The quantitative estimate of drug-likeness (QED) is 0.341. The summed E-state index contributed by atoms with van der Waals surface area (Å²) in [6.07, 6.45) is 0. The molecule has 0 radical (unpaired) electrons. The smallest absolute Gasteiger partial charge is 0.356 e. The van der Waals surface area contributed by atoms with Crippen molar-refractivity contribution in [3.8, 4) is 0 Å². The predicted molar refractivity (Wildman–Crippen MR) is 73.7 cm³/mol. The lowest BCUT2D eigenvalue weighted by molar-refractivity contribution is -0.485. The van der Waals surface area contributed by atoms with E-state index in [0.29, 0.717) is 0 Å². The summed E-state index contributed by atoms with van der Waals surface area (Å²) >= 11 is 0. The standard InChI is InChI=1S/C14H16FNO6/c1-9-4-6-10(7-5-9)11(8-16(19)20)14(15,12(17)21-2)13(18)22-3/h4-7,11H,8H2,1-3H3/t11-/m1/s1. The van der Waals surface area contributed by atoms with E-state index in [4.69, 9.17) is 0 Å². The van der Waals surface area contributed by atoms with E-state index < -0.39 is 35.0 Å². The van der Waals surface area contributed by atoms with Crippen LogP contribution in [0.1, 0.15) is 17.0 Å². The molecule has 0 amide bonds. The van der Waals surface area contributed by atoms with E-state index >= 15 is 4.39 Å². The molecule has 0 aliphatic carbocycles. The van der Waals surface area contributed by atoms with Gasteiger partial charge in [-0.05, 0) is 12.5 Å². The van der Waals surface area contributed by atoms with Crippen molar-refractivity contribution in [2.75, 3.05) is 20.8 Å². The number of aryl methyl sites for hydroxylation is 1. The first-order chi connectivity index (χ1) is 10.3. The lowest BCUT2D eigenvalue weighted by Gasteiger charge is -2.26. The van der Waals surface area contributed by atoms with Gasteiger partial charge in [-0.3, -0.25) is 10.1 Å². The third-order valence-corrected chi connectivity index (χ3v) is 3.26. The summed E-state index contributed by atoms with van der Waals surface area (Å²) in [5.74, 6) is -4.73. The van der Waals surface area contributed by atoms with Crippen LogP contribution < -0.4 is 0 Å². The van der Waals surface area contributed by atoms with Crippen molar-refractivity contribution in [2.45, 2.75) is 18.5 Å². The van der Waals surface area contributed by atoms with E-state index in [1.54, 1.807) is 19.1 Å². The highest BCUT2D eigenvalue weighted by molar-refractivity contribution is 6.04. The molecule has 0 aromatic heterocycles. The number of hydrogen-bond acceptors (Lipinski definition) is 6. The van der Waals surface area contributed by atoms with E-state index in [9.17, 15) is 19.7 Å². The van der Waals surface area contributed by atoms with Crippen LogP contribution in [0.3, 0.4) is 0 Å². The molecule has 8 heteroatoms. The lowest BCUT2D eigenvalue weighted by Crippen LogP contribution is -2.51. The van der Waals surface area contributed by atoms with Crippen molar-refractivity contribution in [2.24, 2.45) is 0 Å². The molecule has 1 rings (SSSR count). The molecule has 0 bridgehead atoms. The van der Waals surface area contributed by atoms with Gasteiger partial charge >= 0.3 is 17.6 Å². The zero-order chi connectivity index (χ0) is 16.9. The Balaban J connectivity index is 3.44. The fourth-order valence-corrected chi connectivity index (χ4v) is 2.07. The molecule has 7 nitrogen and oxygen atoms in total. The zero-order valence-electron chi connectivity index (χ0n) is 12.4. The number of halogens is 1. The topological polar surface area (TPSA) is 95.7 Å². The van der Waals surface area contributed by atoms with Gasteiger partial charge in [0.1, 0.15) is 5.92 Å². The van der Waals surface area contributed by atoms with Gasteiger partial charge in [-0.1, -0.05) is 29.8 Å². The van der Waals surface area contributed by atoms with E-state index in [-0.39, 0.29) is 5.56 Å².